The SMILES string of the molecule is CCn1c(=O)/c(=C2\Sc3c(F)cccc3N2C)s/c1=C\c1ccncc1. The first kappa shape index (κ1) is 17.1. The fraction of sp³-hybridized carbons (Fsp3) is 0.158. The summed E-state index contributed by atoms with van der Waals surface area (Å²) in [5.74, 6) is -0.259. The molecule has 0 aliphatic carbocycles. The lowest BCUT2D eigenvalue weighted by molar-refractivity contribution is 0.603. The summed E-state index contributed by atoms with van der Waals surface area (Å²) >= 11 is 2.75. The highest BCUT2D eigenvalue weighted by molar-refractivity contribution is 8.08. The van der Waals surface area contributed by atoms with Gasteiger partial charge in [0.25, 0.3) is 5.56 Å². The average molecular weight is 385 g/mol. The number of thiazole rings is 1. The maximum absolute atomic E-state index is 14.1. The van der Waals surface area contributed by atoms with Crippen LogP contribution in [0.1, 0.15) is 12.5 Å². The third-order valence-corrected chi connectivity index (χ3v) is 6.76. The van der Waals surface area contributed by atoms with E-state index < -0.39 is 0 Å². The molecule has 0 amide bonds. The molecular weight excluding hydrogens is 369 g/mol. The fourth-order valence-electron chi connectivity index (χ4n) is 2.91. The van der Waals surface area contributed by atoms with Crippen LogP contribution >= 0.6 is 23.1 Å². The van der Waals surface area contributed by atoms with Crippen LogP contribution in [0.5, 0.6) is 0 Å². The minimum absolute atomic E-state index is 0.0413. The predicted molar refractivity (Wildman–Crippen MR) is 105 cm³/mol. The molecule has 7 heteroatoms. The van der Waals surface area contributed by atoms with Gasteiger partial charge in [0.1, 0.15) is 15.4 Å². The molecule has 0 saturated carbocycles. The van der Waals surface area contributed by atoms with E-state index in [0.717, 1.165) is 20.9 Å². The minimum Gasteiger partial charge on any atom is -0.337 e. The number of anilines is 1. The molecule has 0 fully saturated rings. The Kier molecular flexibility index (Phi) is 4.42. The van der Waals surface area contributed by atoms with Crippen LogP contribution in [0.3, 0.4) is 0 Å². The van der Waals surface area contributed by atoms with E-state index in [1.54, 1.807) is 23.0 Å². The highest BCUT2D eigenvalue weighted by Crippen LogP contribution is 2.46. The largest absolute Gasteiger partial charge is 0.337 e. The van der Waals surface area contributed by atoms with E-state index >= 15 is 0 Å². The molecule has 0 bridgehead atoms. The Morgan fingerprint density at radius 3 is 2.69 bits per heavy atom. The summed E-state index contributed by atoms with van der Waals surface area (Å²) < 4.78 is 17.4. The third kappa shape index (κ3) is 2.77. The van der Waals surface area contributed by atoms with E-state index in [0.29, 0.717) is 16.0 Å². The van der Waals surface area contributed by atoms with Gasteiger partial charge in [-0.3, -0.25) is 14.3 Å². The number of fused-ring (bicyclic) bond motifs is 1. The topological polar surface area (TPSA) is 38.1 Å². The first-order chi connectivity index (χ1) is 12.6. The number of benzene rings is 1. The zero-order valence-electron chi connectivity index (χ0n) is 14.3. The predicted octanol–water partition coefficient (Wildman–Crippen LogP) is 2.60. The van der Waals surface area contributed by atoms with Crippen LogP contribution < -0.4 is 19.7 Å². The molecule has 0 spiro atoms. The van der Waals surface area contributed by atoms with Crippen molar-refractivity contribution < 1.29 is 4.39 Å². The number of thioether (sulfide) groups is 1. The van der Waals surface area contributed by atoms with Crippen LogP contribution in [-0.4, -0.2) is 16.6 Å². The molecule has 0 N–H and O–H groups in total. The molecule has 3 aromatic rings. The van der Waals surface area contributed by atoms with Gasteiger partial charge < -0.3 is 4.90 Å². The summed E-state index contributed by atoms with van der Waals surface area (Å²) in [6, 6.07) is 8.81. The molecular formula is C19H16FN3OS2. The summed E-state index contributed by atoms with van der Waals surface area (Å²) in [4.78, 5) is 19.5. The van der Waals surface area contributed by atoms with Crippen LogP contribution in [0, 0.1) is 5.82 Å². The number of hydrogen-bond acceptors (Lipinski definition) is 5. The lowest BCUT2D eigenvalue weighted by Gasteiger charge is -2.11. The molecule has 3 heterocycles. The van der Waals surface area contributed by atoms with E-state index in [-0.39, 0.29) is 11.4 Å². The molecule has 4 rings (SSSR count). The summed E-state index contributed by atoms with van der Waals surface area (Å²) in [6.07, 6.45) is 5.43. The van der Waals surface area contributed by atoms with Crippen molar-refractivity contribution in [2.45, 2.75) is 18.4 Å². The molecule has 0 atom stereocenters. The second-order valence-electron chi connectivity index (χ2n) is 5.80. The first-order valence-corrected chi connectivity index (χ1v) is 9.79. The van der Waals surface area contributed by atoms with Crippen molar-refractivity contribution >= 4 is 39.9 Å². The van der Waals surface area contributed by atoms with Gasteiger partial charge >= 0.3 is 0 Å². The molecule has 132 valence electrons. The highest BCUT2D eigenvalue weighted by atomic mass is 32.2. The summed E-state index contributed by atoms with van der Waals surface area (Å²) in [5.41, 5.74) is 1.74. The Morgan fingerprint density at radius 2 is 2.00 bits per heavy atom. The number of rotatable bonds is 2. The normalized spacial score (nSPS) is 16.3. The molecule has 26 heavy (non-hydrogen) atoms. The van der Waals surface area contributed by atoms with Crippen molar-refractivity contribution in [3.63, 3.8) is 0 Å². The lowest BCUT2D eigenvalue weighted by Crippen LogP contribution is -2.33. The molecule has 0 unspecified atom stereocenters. The van der Waals surface area contributed by atoms with Crippen molar-refractivity contribution in [3.8, 4) is 0 Å². The van der Waals surface area contributed by atoms with Gasteiger partial charge in [0, 0.05) is 26.0 Å². The Bertz CT molecular complexity index is 1150. The van der Waals surface area contributed by atoms with Gasteiger partial charge in [-0.25, -0.2) is 4.39 Å². The van der Waals surface area contributed by atoms with Gasteiger partial charge in [-0.2, -0.15) is 0 Å². The van der Waals surface area contributed by atoms with Gasteiger partial charge in [0.2, 0.25) is 0 Å². The Labute approximate surface area is 157 Å². The van der Waals surface area contributed by atoms with Crippen LogP contribution in [0.15, 0.2) is 52.4 Å². The zero-order chi connectivity index (χ0) is 18.3. The zero-order valence-corrected chi connectivity index (χ0v) is 15.9. The second kappa shape index (κ2) is 6.74. The van der Waals surface area contributed by atoms with E-state index in [1.165, 1.54) is 29.2 Å². The summed E-state index contributed by atoms with van der Waals surface area (Å²) in [5, 5.41) is 0.775. The lowest BCUT2D eigenvalue weighted by atomic mass is 10.3. The highest BCUT2D eigenvalue weighted by Gasteiger charge is 2.27. The van der Waals surface area contributed by atoms with Crippen LogP contribution in [0.25, 0.3) is 11.1 Å². The number of halogens is 1. The summed E-state index contributed by atoms with van der Waals surface area (Å²) in [6.45, 7) is 2.53. The number of hydrogen-bond donors (Lipinski definition) is 0. The Morgan fingerprint density at radius 1 is 1.23 bits per heavy atom. The van der Waals surface area contributed by atoms with Gasteiger partial charge in [-0.05, 0) is 42.8 Å². The third-order valence-electron chi connectivity index (χ3n) is 4.23. The standard InChI is InChI=1S/C19H16FN3OS2/c1-3-23-15(11-12-7-9-21-10-8-12)25-17(18(23)24)19-22(2)14-6-4-5-13(20)16(14)26-19/h4-11H,3H2,1-2H3/b15-11-,19-17+. The maximum atomic E-state index is 14.1. The monoisotopic (exact) mass is 385 g/mol. The van der Waals surface area contributed by atoms with E-state index in [4.69, 9.17) is 0 Å². The molecule has 4 nitrogen and oxygen atoms in total. The average Bonchev–Trinajstić information content (AvgIpc) is 3.14. The minimum atomic E-state index is -0.259. The Balaban J connectivity index is 1.95. The van der Waals surface area contributed by atoms with E-state index in [9.17, 15) is 9.18 Å². The second-order valence-corrected chi connectivity index (χ2v) is 7.83. The van der Waals surface area contributed by atoms with Gasteiger partial charge in [0.15, 0.2) is 0 Å². The van der Waals surface area contributed by atoms with Crippen LogP contribution in [0.4, 0.5) is 10.1 Å². The van der Waals surface area contributed by atoms with Crippen molar-refractivity contribution in [3.05, 3.63) is 73.7 Å². The Hall–Kier alpha value is -2.38. The van der Waals surface area contributed by atoms with Gasteiger partial charge in [0.05, 0.1) is 15.2 Å². The molecule has 1 aromatic carbocycles. The first-order valence-electron chi connectivity index (χ1n) is 8.16. The van der Waals surface area contributed by atoms with Gasteiger partial charge in [-0.1, -0.05) is 17.8 Å². The van der Waals surface area contributed by atoms with E-state index in [1.807, 2.05) is 43.1 Å². The number of aromatic nitrogens is 2. The van der Waals surface area contributed by atoms with Crippen molar-refractivity contribution in [1.82, 2.24) is 9.55 Å². The fourth-order valence-corrected chi connectivity index (χ4v) is 5.39. The molecule has 2 aromatic heterocycles. The van der Waals surface area contributed by atoms with Crippen molar-refractivity contribution in [1.29, 1.82) is 0 Å². The summed E-state index contributed by atoms with van der Waals surface area (Å²) in [7, 11) is 1.87. The van der Waals surface area contributed by atoms with E-state index in [2.05, 4.69) is 4.98 Å². The van der Waals surface area contributed by atoms with Crippen LogP contribution in [-0.2, 0) is 6.54 Å². The van der Waals surface area contributed by atoms with Crippen LogP contribution in [0.2, 0.25) is 0 Å². The van der Waals surface area contributed by atoms with Gasteiger partial charge in [-0.15, -0.1) is 11.3 Å². The molecule has 0 saturated heterocycles. The quantitative estimate of drug-likeness (QED) is 0.680. The van der Waals surface area contributed by atoms with Crippen molar-refractivity contribution in [2.24, 2.45) is 0 Å². The van der Waals surface area contributed by atoms with Crippen molar-refractivity contribution in [2.75, 3.05) is 11.9 Å². The maximum Gasteiger partial charge on any atom is 0.271 e. The molecule has 0 radical (unpaired) electrons. The molecule has 1 aliphatic heterocycles. The molecule has 1 aliphatic rings. The number of pyridine rings is 1. The number of nitrogens with zero attached hydrogens (tertiary/aromatic N) is 3. The smallest absolute Gasteiger partial charge is 0.271 e.